The van der Waals surface area contributed by atoms with Crippen LogP contribution in [0.3, 0.4) is 0 Å². The lowest BCUT2D eigenvalue weighted by atomic mass is 9.89. The first-order valence-corrected chi connectivity index (χ1v) is 10.1. The third kappa shape index (κ3) is 5.55. The Hall–Kier alpha value is -1.88. The van der Waals surface area contributed by atoms with E-state index >= 15 is 0 Å². The molecule has 1 fully saturated rings. The molecule has 0 spiro atoms. The SMILES string of the molecule is CC(C)(C)CC(=O)N(Cc1nc(-c2ccc(Cl)cc2)no1)C1CCCCC1. The lowest BCUT2D eigenvalue weighted by molar-refractivity contribution is -0.137. The molecule has 0 saturated heterocycles. The van der Waals surface area contributed by atoms with Gasteiger partial charge in [-0.3, -0.25) is 4.79 Å². The van der Waals surface area contributed by atoms with E-state index in [1.807, 2.05) is 17.0 Å². The number of carbonyl (C=O) groups is 1. The van der Waals surface area contributed by atoms with Crippen molar-refractivity contribution < 1.29 is 9.32 Å². The fourth-order valence-electron chi connectivity index (χ4n) is 3.55. The molecule has 0 radical (unpaired) electrons. The molecule has 1 amide bonds. The molecule has 27 heavy (non-hydrogen) atoms. The molecule has 3 rings (SSSR count). The Labute approximate surface area is 166 Å². The van der Waals surface area contributed by atoms with Crippen molar-refractivity contribution in [3.8, 4) is 11.4 Å². The van der Waals surface area contributed by atoms with Crippen molar-refractivity contribution in [3.05, 3.63) is 35.2 Å². The highest BCUT2D eigenvalue weighted by Gasteiger charge is 2.29. The monoisotopic (exact) mass is 389 g/mol. The fourth-order valence-corrected chi connectivity index (χ4v) is 3.68. The number of benzene rings is 1. The molecule has 5 nitrogen and oxygen atoms in total. The topological polar surface area (TPSA) is 59.2 Å². The minimum atomic E-state index is -0.0483. The highest BCUT2D eigenvalue weighted by atomic mass is 35.5. The zero-order valence-corrected chi connectivity index (χ0v) is 17.1. The molecule has 1 aliphatic carbocycles. The number of amides is 1. The summed E-state index contributed by atoms with van der Waals surface area (Å²) in [7, 11) is 0. The molecule has 146 valence electrons. The van der Waals surface area contributed by atoms with Crippen LogP contribution in [0.5, 0.6) is 0 Å². The third-order valence-corrected chi connectivity index (χ3v) is 5.15. The van der Waals surface area contributed by atoms with Gasteiger partial charge in [0.15, 0.2) is 0 Å². The van der Waals surface area contributed by atoms with Crippen LogP contribution in [0.15, 0.2) is 28.8 Å². The summed E-state index contributed by atoms with van der Waals surface area (Å²) in [6.07, 6.45) is 6.20. The summed E-state index contributed by atoms with van der Waals surface area (Å²) in [6.45, 7) is 6.65. The van der Waals surface area contributed by atoms with Gasteiger partial charge in [0.25, 0.3) is 0 Å². The van der Waals surface area contributed by atoms with Crippen LogP contribution in [-0.4, -0.2) is 27.0 Å². The number of halogens is 1. The van der Waals surface area contributed by atoms with E-state index in [1.165, 1.54) is 19.3 Å². The van der Waals surface area contributed by atoms with Crippen LogP contribution in [0.1, 0.15) is 65.2 Å². The van der Waals surface area contributed by atoms with Crippen LogP contribution in [0, 0.1) is 5.41 Å². The van der Waals surface area contributed by atoms with Gasteiger partial charge in [0.2, 0.25) is 17.6 Å². The van der Waals surface area contributed by atoms with E-state index in [2.05, 4.69) is 30.9 Å². The van der Waals surface area contributed by atoms with E-state index < -0.39 is 0 Å². The van der Waals surface area contributed by atoms with Crippen LogP contribution in [0.4, 0.5) is 0 Å². The summed E-state index contributed by atoms with van der Waals surface area (Å²) in [5, 5.41) is 4.75. The minimum Gasteiger partial charge on any atom is -0.337 e. The van der Waals surface area contributed by atoms with Crippen molar-refractivity contribution in [1.82, 2.24) is 15.0 Å². The largest absolute Gasteiger partial charge is 0.337 e. The average Bonchev–Trinajstić information content (AvgIpc) is 3.08. The minimum absolute atomic E-state index is 0.0483. The van der Waals surface area contributed by atoms with E-state index in [0.29, 0.717) is 29.7 Å². The first-order valence-electron chi connectivity index (χ1n) is 9.70. The molecular weight excluding hydrogens is 362 g/mol. The second-order valence-electron chi connectivity index (χ2n) is 8.57. The lowest BCUT2D eigenvalue weighted by Gasteiger charge is -2.35. The molecule has 1 aromatic heterocycles. The van der Waals surface area contributed by atoms with Gasteiger partial charge in [-0.25, -0.2) is 0 Å². The van der Waals surface area contributed by atoms with Gasteiger partial charge >= 0.3 is 0 Å². The molecule has 0 atom stereocenters. The summed E-state index contributed by atoms with van der Waals surface area (Å²) in [5.74, 6) is 1.17. The Morgan fingerprint density at radius 3 is 2.48 bits per heavy atom. The summed E-state index contributed by atoms with van der Waals surface area (Å²) in [5.41, 5.74) is 0.799. The lowest BCUT2D eigenvalue weighted by Crippen LogP contribution is -2.42. The normalized spacial score (nSPS) is 15.7. The molecular formula is C21H28ClN3O2. The van der Waals surface area contributed by atoms with Crippen LogP contribution >= 0.6 is 11.6 Å². The number of nitrogens with zero attached hydrogens (tertiary/aromatic N) is 3. The van der Waals surface area contributed by atoms with Crippen molar-refractivity contribution in [2.75, 3.05) is 0 Å². The molecule has 1 aromatic carbocycles. The number of rotatable bonds is 5. The van der Waals surface area contributed by atoms with Gasteiger partial charge in [0.1, 0.15) is 6.54 Å². The first-order chi connectivity index (χ1) is 12.8. The Morgan fingerprint density at radius 1 is 1.19 bits per heavy atom. The van der Waals surface area contributed by atoms with Crippen molar-refractivity contribution in [1.29, 1.82) is 0 Å². The molecule has 0 N–H and O–H groups in total. The van der Waals surface area contributed by atoms with Crippen molar-refractivity contribution >= 4 is 17.5 Å². The quantitative estimate of drug-likeness (QED) is 0.678. The molecule has 0 aliphatic heterocycles. The van der Waals surface area contributed by atoms with Gasteiger partial charge in [-0.2, -0.15) is 4.98 Å². The van der Waals surface area contributed by atoms with E-state index in [9.17, 15) is 4.79 Å². The maximum atomic E-state index is 13.0. The summed E-state index contributed by atoms with van der Waals surface area (Å²) in [6, 6.07) is 7.59. The maximum absolute atomic E-state index is 13.0. The number of hydrogen-bond acceptors (Lipinski definition) is 4. The molecule has 2 aromatic rings. The fraction of sp³-hybridized carbons (Fsp3) is 0.571. The molecule has 1 saturated carbocycles. The van der Waals surface area contributed by atoms with Crippen molar-refractivity contribution in [2.24, 2.45) is 5.41 Å². The number of carbonyl (C=O) groups excluding carboxylic acids is 1. The summed E-state index contributed by atoms with van der Waals surface area (Å²) >= 11 is 5.94. The molecule has 1 heterocycles. The summed E-state index contributed by atoms with van der Waals surface area (Å²) in [4.78, 5) is 19.5. The number of hydrogen-bond donors (Lipinski definition) is 0. The smallest absolute Gasteiger partial charge is 0.246 e. The Kier molecular flexibility index (Phi) is 6.20. The Balaban J connectivity index is 1.77. The molecule has 6 heteroatoms. The van der Waals surface area contributed by atoms with Gasteiger partial charge in [-0.15, -0.1) is 0 Å². The van der Waals surface area contributed by atoms with Crippen LogP contribution < -0.4 is 0 Å². The van der Waals surface area contributed by atoms with E-state index in [0.717, 1.165) is 18.4 Å². The van der Waals surface area contributed by atoms with Gasteiger partial charge in [-0.1, -0.05) is 56.8 Å². The molecule has 1 aliphatic rings. The highest BCUT2D eigenvalue weighted by molar-refractivity contribution is 6.30. The predicted octanol–water partition coefficient (Wildman–Crippen LogP) is 5.49. The van der Waals surface area contributed by atoms with Gasteiger partial charge in [-0.05, 0) is 42.5 Å². The molecule has 0 bridgehead atoms. The van der Waals surface area contributed by atoms with Gasteiger partial charge in [0.05, 0.1) is 0 Å². The van der Waals surface area contributed by atoms with E-state index in [-0.39, 0.29) is 17.4 Å². The van der Waals surface area contributed by atoms with Crippen molar-refractivity contribution in [3.63, 3.8) is 0 Å². The zero-order chi connectivity index (χ0) is 19.4. The Bertz CT molecular complexity index is 758. The maximum Gasteiger partial charge on any atom is 0.246 e. The number of aromatic nitrogens is 2. The Morgan fingerprint density at radius 2 is 1.85 bits per heavy atom. The second kappa shape index (κ2) is 8.42. The predicted molar refractivity (Wildman–Crippen MR) is 106 cm³/mol. The third-order valence-electron chi connectivity index (χ3n) is 4.89. The van der Waals surface area contributed by atoms with Gasteiger partial charge < -0.3 is 9.42 Å². The van der Waals surface area contributed by atoms with E-state index in [1.54, 1.807) is 12.1 Å². The second-order valence-corrected chi connectivity index (χ2v) is 9.01. The van der Waals surface area contributed by atoms with Crippen molar-refractivity contribution in [2.45, 2.75) is 71.9 Å². The van der Waals surface area contributed by atoms with Crippen LogP contribution in [0.25, 0.3) is 11.4 Å². The average molecular weight is 390 g/mol. The van der Waals surface area contributed by atoms with Gasteiger partial charge in [0, 0.05) is 23.0 Å². The molecule has 0 unspecified atom stereocenters. The standard InChI is InChI=1S/C21H28ClN3O2/c1-21(2,3)13-19(26)25(17-7-5-4-6-8-17)14-18-23-20(24-27-18)15-9-11-16(22)12-10-15/h9-12,17H,4-8,13-14H2,1-3H3. The van der Waals surface area contributed by atoms with E-state index in [4.69, 9.17) is 16.1 Å². The summed E-state index contributed by atoms with van der Waals surface area (Å²) < 4.78 is 5.46. The van der Waals surface area contributed by atoms with Crippen LogP contribution in [-0.2, 0) is 11.3 Å². The zero-order valence-electron chi connectivity index (χ0n) is 16.4. The van der Waals surface area contributed by atoms with Crippen LogP contribution in [0.2, 0.25) is 5.02 Å². The first kappa shape index (κ1) is 19.9. The highest BCUT2D eigenvalue weighted by Crippen LogP contribution is 2.28.